The highest BCUT2D eigenvalue weighted by molar-refractivity contribution is 5.79. The number of nitrogens with zero attached hydrogens (tertiary/aromatic N) is 1. The molecule has 2 N–H and O–H groups in total. The highest BCUT2D eigenvalue weighted by Gasteiger charge is 2.28. The van der Waals surface area contributed by atoms with Crippen LogP contribution >= 0.6 is 0 Å². The van der Waals surface area contributed by atoms with Crippen LogP contribution in [0.1, 0.15) is 19.4 Å². The molecule has 0 fully saturated rings. The Hall–Kier alpha value is -1.92. The Morgan fingerprint density at radius 2 is 1.86 bits per heavy atom. The fraction of sp³-hybridized carbons (Fsp3) is 0.500. The van der Waals surface area contributed by atoms with E-state index in [2.05, 4.69) is 15.6 Å². The molecular weight excluding hydrogens is 283 g/mol. The van der Waals surface area contributed by atoms with E-state index in [4.69, 9.17) is 4.74 Å². The molecule has 118 valence electrons. The molecule has 0 aliphatic carbocycles. The lowest BCUT2D eigenvalue weighted by Crippen LogP contribution is -2.36. The molecule has 0 radical (unpaired) electrons. The molecule has 0 bridgehead atoms. The number of aliphatic imine (C=N–C) groups is 1. The van der Waals surface area contributed by atoms with Gasteiger partial charge in [-0.05, 0) is 31.5 Å². The molecule has 7 heteroatoms. The second kappa shape index (κ2) is 8.39. The summed E-state index contributed by atoms with van der Waals surface area (Å²) in [5.74, 6) is 0.857. The van der Waals surface area contributed by atoms with Crippen molar-refractivity contribution >= 4 is 5.96 Å². The maximum absolute atomic E-state index is 12.1. The Balaban J connectivity index is 2.65. The van der Waals surface area contributed by atoms with Crippen LogP contribution in [0.25, 0.3) is 0 Å². The molecule has 0 aliphatic heterocycles. The molecule has 0 amide bonds. The van der Waals surface area contributed by atoms with Crippen molar-refractivity contribution in [2.24, 2.45) is 4.99 Å². The Bertz CT molecular complexity index is 453. The van der Waals surface area contributed by atoms with Gasteiger partial charge in [-0.25, -0.2) is 4.99 Å². The highest BCUT2D eigenvalue weighted by atomic mass is 19.4. The summed E-state index contributed by atoms with van der Waals surface area (Å²) in [6.45, 7) is 4.45. The number of nitrogens with one attached hydrogen (secondary N) is 2. The zero-order valence-electron chi connectivity index (χ0n) is 12.1. The normalized spacial score (nSPS) is 10.9. The zero-order chi connectivity index (χ0) is 15.7. The molecule has 1 aromatic rings. The van der Waals surface area contributed by atoms with Crippen LogP contribution in [0.5, 0.6) is 5.75 Å². The minimum atomic E-state index is -4.34. The van der Waals surface area contributed by atoms with Crippen LogP contribution in [0, 0.1) is 0 Å². The second-order valence-electron chi connectivity index (χ2n) is 4.28. The van der Waals surface area contributed by atoms with Gasteiger partial charge in [0.05, 0.1) is 6.54 Å². The number of hydrogen-bond acceptors (Lipinski definition) is 2. The summed E-state index contributed by atoms with van der Waals surface area (Å²) in [6.07, 6.45) is -4.34. The molecule has 0 aliphatic rings. The third-order valence-corrected chi connectivity index (χ3v) is 2.41. The molecule has 1 aromatic carbocycles. The molecule has 0 spiro atoms. The van der Waals surface area contributed by atoms with E-state index in [1.54, 1.807) is 18.2 Å². The largest absolute Gasteiger partial charge is 0.484 e. The van der Waals surface area contributed by atoms with Gasteiger partial charge in [0.2, 0.25) is 0 Å². The number of halogens is 3. The van der Waals surface area contributed by atoms with Gasteiger partial charge in [-0.1, -0.05) is 12.1 Å². The van der Waals surface area contributed by atoms with Gasteiger partial charge >= 0.3 is 6.18 Å². The molecule has 1 rings (SSSR count). The molecule has 0 atom stereocenters. The average Bonchev–Trinajstić information content (AvgIpc) is 2.43. The second-order valence-corrected chi connectivity index (χ2v) is 4.28. The van der Waals surface area contributed by atoms with E-state index >= 15 is 0 Å². The van der Waals surface area contributed by atoms with Gasteiger partial charge in [-0.3, -0.25) is 0 Å². The maximum Gasteiger partial charge on any atom is 0.422 e. The third-order valence-electron chi connectivity index (χ3n) is 2.41. The van der Waals surface area contributed by atoms with Crippen LogP contribution < -0.4 is 15.4 Å². The smallest absolute Gasteiger partial charge is 0.422 e. The molecular formula is C14H20F3N3O. The summed E-state index contributed by atoms with van der Waals surface area (Å²) >= 11 is 0. The third kappa shape index (κ3) is 7.43. The Labute approximate surface area is 122 Å². The molecule has 0 saturated carbocycles. The van der Waals surface area contributed by atoms with E-state index in [9.17, 15) is 13.2 Å². The molecule has 0 unspecified atom stereocenters. The summed E-state index contributed by atoms with van der Waals surface area (Å²) < 4.78 is 41.0. The number of guanidine groups is 1. The van der Waals surface area contributed by atoms with E-state index in [1.165, 1.54) is 6.07 Å². The number of ether oxygens (including phenoxy) is 1. The quantitative estimate of drug-likeness (QED) is 0.627. The van der Waals surface area contributed by atoms with E-state index in [1.807, 2.05) is 13.8 Å². The van der Waals surface area contributed by atoms with Crippen LogP contribution in [0.3, 0.4) is 0 Å². The molecule has 4 nitrogen and oxygen atoms in total. The first-order chi connectivity index (χ1) is 9.94. The van der Waals surface area contributed by atoms with E-state index in [-0.39, 0.29) is 5.75 Å². The first-order valence-corrected chi connectivity index (χ1v) is 6.75. The van der Waals surface area contributed by atoms with Crippen LogP contribution in [-0.4, -0.2) is 31.8 Å². The van der Waals surface area contributed by atoms with Crippen molar-refractivity contribution in [2.45, 2.75) is 26.6 Å². The summed E-state index contributed by atoms with van der Waals surface area (Å²) in [7, 11) is 0. The lowest BCUT2D eigenvalue weighted by atomic mass is 10.2. The lowest BCUT2D eigenvalue weighted by molar-refractivity contribution is -0.153. The molecule has 0 heterocycles. The van der Waals surface area contributed by atoms with E-state index < -0.39 is 12.8 Å². The van der Waals surface area contributed by atoms with Crippen LogP contribution in [0.15, 0.2) is 29.3 Å². The Morgan fingerprint density at radius 3 is 2.43 bits per heavy atom. The van der Waals surface area contributed by atoms with Gasteiger partial charge < -0.3 is 15.4 Å². The van der Waals surface area contributed by atoms with Gasteiger partial charge in [0.1, 0.15) is 5.75 Å². The van der Waals surface area contributed by atoms with Crippen molar-refractivity contribution in [3.05, 3.63) is 29.8 Å². The summed E-state index contributed by atoms with van der Waals surface area (Å²) in [5.41, 5.74) is 0.781. The zero-order valence-corrected chi connectivity index (χ0v) is 12.1. The summed E-state index contributed by atoms with van der Waals surface area (Å²) in [5, 5.41) is 6.14. The number of benzene rings is 1. The van der Waals surface area contributed by atoms with Gasteiger partial charge in [-0.2, -0.15) is 13.2 Å². The minimum absolute atomic E-state index is 0.188. The van der Waals surface area contributed by atoms with Gasteiger partial charge in [0.25, 0.3) is 0 Å². The van der Waals surface area contributed by atoms with Crippen molar-refractivity contribution in [1.29, 1.82) is 0 Å². The number of rotatable bonds is 6. The van der Waals surface area contributed by atoms with Crippen molar-refractivity contribution in [3.63, 3.8) is 0 Å². The Morgan fingerprint density at radius 1 is 1.19 bits per heavy atom. The van der Waals surface area contributed by atoms with Crippen molar-refractivity contribution in [3.8, 4) is 5.75 Å². The van der Waals surface area contributed by atoms with Crippen LogP contribution in [0.4, 0.5) is 13.2 Å². The summed E-state index contributed by atoms with van der Waals surface area (Å²) in [4.78, 5) is 4.34. The van der Waals surface area contributed by atoms with Crippen molar-refractivity contribution in [2.75, 3.05) is 19.7 Å². The molecule has 21 heavy (non-hydrogen) atoms. The van der Waals surface area contributed by atoms with Gasteiger partial charge in [0, 0.05) is 13.1 Å². The first-order valence-electron chi connectivity index (χ1n) is 6.75. The standard InChI is InChI=1S/C14H20F3N3O/c1-3-18-13(19-4-2)20-9-11-6-5-7-12(8-11)21-10-14(15,16)17/h5-8H,3-4,9-10H2,1-2H3,(H2,18,19,20). The number of hydrogen-bond donors (Lipinski definition) is 2. The monoisotopic (exact) mass is 303 g/mol. The number of alkyl halides is 3. The van der Waals surface area contributed by atoms with E-state index in [0.717, 1.165) is 18.7 Å². The van der Waals surface area contributed by atoms with Crippen LogP contribution in [0.2, 0.25) is 0 Å². The lowest BCUT2D eigenvalue weighted by Gasteiger charge is -2.11. The topological polar surface area (TPSA) is 45.7 Å². The molecule has 0 saturated heterocycles. The fourth-order valence-electron chi connectivity index (χ4n) is 1.58. The minimum Gasteiger partial charge on any atom is -0.484 e. The fourth-order valence-corrected chi connectivity index (χ4v) is 1.58. The molecule has 0 aromatic heterocycles. The van der Waals surface area contributed by atoms with Crippen molar-refractivity contribution < 1.29 is 17.9 Å². The predicted molar refractivity (Wildman–Crippen MR) is 76.5 cm³/mol. The average molecular weight is 303 g/mol. The Kier molecular flexibility index (Phi) is 6.84. The summed E-state index contributed by atoms with van der Waals surface area (Å²) in [6, 6.07) is 6.50. The van der Waals surface area contributed by atoms with Gasteiger partial charge in [0.15, 0.2) is 12.6 Å². The highest BCUT2D eigenvalue weighted by Crippen LogP contribution is 2.19. The van der Waals surface area contributed by atoms with Gasteiger partial charge in [-0.15, -0.1) is 0 Å². The van der Waals surface area contributed by atoms with E-state index in [0.29, 0.717) is 12.5 Å². The SMILES string of the molecule is CCNC(=NCc1cccc(OCC(F)(F)F)c1)NCC. The predicted octanol–water partition coefficient (Wildman–Crippen LogP) is 2.70. The van der Waals surface area contributed by atoms with Crippen LogP contribution in [-0.2, 0) is 6.54 Å². The maximum atomic E-state index is 12.1. The van der Waals surface area contributed by atoms with Crippen molar-refractivity contribution in [1.82, 2.24) is 10.6 Å². The first kappa shape index (κ1) is 17.1.